The highest BCUT2D eigenvalue weighted by Gasteiger charge is 2.17. The van der Waals surface area contributed by atoms with Crippen molar-refractivity contribution in [3.05, 3.63) is 127 Å². The first-order chi connectivity index (χ1) is 20.8. The van der Waals surface area contributed by atoms with Crippen molar-refractivity contribution in [3.63, 3.8) is 0 Å². The quantitative estimate of drug-likeness (QED) is 0.100. The van der Waals surface area contributed by atoms with Gasteiger partial charge in [0.05, 0.1) is 22.0 Å². The van der Waals surface area contributed by atoms with Gasteiger partial charge in [0.1, 0.15) is 17.9 Å². The Balaban J connectivity index is 1.43. The number of non-ortho nitro benzene ring substituents is 1. The lowest BCUT2D eigenvalue weighted by Crippen LogP contribution is -2.20. The number of rotatable bonds is 8. The van der Waals surface area contributed by atoms with Gasteiger partial charge in [0.15, 0.2) is 5.76 Å². The lowest BCUT2D eigenvalue weighted by molar-refractivity contribution is -0.384. The molecule has 43 heavy (non-hydrogen) atoms. The fourth-order valence-corrected chi connectivity index (χ4v) is 4.97. The molecule has 11 heteroatoms. The molecule has 0 atom stereocenters. The highest BCUT2D eigenvalue weighted by atomic mass is 79.9. The molecule has 0 bridgehead atoms. The standard InChI is InChI=1S/C32H24BrN5O5/c1-36(2)24-12-10-21(29(17-24)42-19-20-6-5-7-25(14-20)38(40)41)18-34-37-31(35-27-9-4-3-8-26(27)32(37)39)30-16-22-15-23(33)11-13-28(22)43-30/h3-18H,19H2,1-2H3. The number of para-hydroxylation sites is 1. The average Bonchev–Trinajstić information content (AvgIpc) is 3.43. The smallest absolute Gasteiger partial charge is 0.282 e. The minimum atomic E-state index is -0.442. The maximum atomic E-state index is 13.7. The molecule has 0 N–H and O–H groups in total. The predicted molar refractivity (Wildman–Crippen MR) is 170 cm³/mol. The van der Waals surface area contributed by atoms with Gasteiger partial charge in [0.2, 0.25) is 5.82 Å². The Morgan fingerprint density at radius 2 is 1.88 bits per heavy atom. The van der Waals surface area contributed by atoms with E-state index in [2.05, 4.69) is 21.0 Å². The van der Waals surface area contributed by atoms with Crippen molar-refractivity contribution < 1.29 is 14.1 Å². The van der Waals surface area contributed by atoms with Gasteiger partial charge in [0, 0.05) is 53.4 Å². The molecule has 0 spiro atoms. The van der Waals surface area contributed by atoms with Crippen molar-refractivity contribution in [2.75, 3.05) is 19.0 Å². The topological polar surface area (TPSA) is 116 Å². The van der Waals surface area contributed by atoms with Crippen LogP contribution in [0.4, 0.5) is 11.4 Å². The van der Waals surface area contributed by atoms with E-state index < -0.39 is 4.92 Å². The first-order valence-corrected chi connectivity index (χ1v) is 14.0. The van der Waals surface area contributed by atoms with Crippen LogP contribution in [0.3, 0.4) is 0 Å². The number of hydrogen-bond acceptors (Lipinski definition) is 8. The molecule has 0 aliphatic rings. The van der Waals surface area contributed by atoms with Crippen LogP contribution in [0.1, 0.15) is 11.1 Å². The molecule has 0 radical (unpaired) electrons. The molecular weight excluding hydrogens is 614 g/mol. The molecule has 0 unspecified atom stereocenters. The van der Waals surface area contributed by atoms with E-state index >= 15 is 0 Å². The molecule has 4 aromatic carbocycles. The number of fused-ring (bicyclic) bond motifs is 2. The van der Waals surface area contributed by atoms with Crippen LogP contribution in [0.15, 0.2) is 110 Å². The first-order valence-electron chi connectivity index (χ1n) is 13.2. The van der Waals surface area contributed by atoms with Crippen molar-refractivity contribution in [3.8, 4) is 17.3 Å². The second-order valence-corrected chi connectivity index (χ2v) is 10.9. The number of nitro benzene ring substituents is 1. The van der Waals surface area contributed by atoms with Gasteiger partial charge in [-0.05, 0) is 54.1 Å². The van der Waals surface area contributed by atoms with Crippen molar-refractivity contribution >= 4 is 55.4 Å². The van der Waals surface area contributed by atoms with Crippen LogP contribution < -0.4 is 15.2 Å². The highest BCUT2D eigenvalue weighted by Crippen LogP contribution is 2.30. The minimum Gasteiger partial charge on any atom is -0.488 e. The Morgan fingerprint density at radius 3 is 2.70 bits per heavy atom. The van der Waals surface area contributed by atoms with E-state index in [4.69, 9.17) is 14.1 Å². The van der Waals surface area contributed by atoms with Crippen molar-refractivity contribution in [2.24, 2.45) is 5.10 Å². The van der Waals surface area contributed by atoms with E-state index in [9.17, 15) is 14.9 Å². The SMILES string of the molecule is CN(C)c1ccc(C=Nn2c(-c3cc4cc(Br)ccc4o3)nc3ccccc3c2=O)c(OCc2cccc([N+](=O)[O-])c2)c1. The van der Waals surface area contributed by atoms with Crippen LogP contribution in [-0.4, -0.2) is 34.9 Å². The maximum Gasteiger partial charge on any atom is 0.282 e. The fourth-order valence-electron chi connectivity index (χ4n) is 4.59. The van der Waals surface area contributed by atoms with Gasteiger partial charge < -0.3 is 14.1 Å². The first kappa shape index (κ1) is 27.9. The van der Waals surface area contributed by atoms with Crippen molar-refractivity contribution in [1.29, 1.82) is 0 Å². The Hall–Kier alpha value is -5.29. The molecule has 0 aliphatic carbocycles. The summed E-state index contributed by atoms with van der Waals surface area (Å²) in [4.78, 5) is 31.2. The molecule has 0 saturated heterocycles. The summed E-state index contributed by atoms with van der Waals surface area (Å²) in [5.74, 6) is 1.12. The van der Waals surface area contributed by atoms with E-state index in [1.807, 2.05) is 67.5 Å². The van der Waals surface area contributed by atoms with E-state index in [0.29, 0.717) is 39.1 Å². The Bertz CT molecular complexity index is 2100. The minimum absolute atomic E-state index is 0.0152. The number of nitro groups is 1. The van der Waals surface area contributed by atoms with Gasteiger partial charge >= 0.3 is 0 Å². The molecule has 10 nitrogen and oxygen atoms in total. The molecule has 214 valence electrons. The Morgan fingerprint density at radius 1 is 1.05 bits per heavy atom. The third-order valence-corrected chi connectivity index (χ3v) is 7.29. The van der Waals surface area contributed by atoms with E-state index in [0.717, 1.165) is 15.5 Å². The number of halogens is 1. The van der Waals surface area contributed by atoms with Crippen LogP contribution in [-0.2, 0) is 6.61 Å². The summed E-state index contributed by atoms with van der Waals surface area (Å²) < 4.78 is 14.3. The largest absolute Gasteiger partial charge is 0.488 e. The van der Waals surface area contributed by atoms with Crippen LogP contribution in [0.25, 0.3) is 33.5 Å². The zero-order valence-electron chi connectivity index (χ0n) is 23.1. The van der Waals surface area contributed by atoms with Gasteiger partial charge in [-0.3, -0.25) is 14.9 Å². The number of nitrogens with zero attached hydrogens (tertiary/aromatic N) is 5. The summed E-state index contributed by atoms with van der Waals surface area (Å²) >= 11 is 3.48. The predicted octanol–water partition coefficient (Wildman–Crippen LogP) is 7.01. The van der Waals surface area contributed by atoms with E-state index in [1.54, 1.807) is 30.3 Å². The number of hydrogen-bond donors (Lipinski definition) is 0. The van der Waals surface area contributed by atoms with Crippen LogP contribution in [0, 0.1) is 10.1 Å². The molecular formula is C32H24BrN5O5. The molecule has 0 fully saturated rings. The Labute approximate surface area is 253 Å². The van der Waals surface area contributed by atoms with Crippen LogP contribution in [0.5, 0.6) is 5.75 Å². The Kier molecular flexibility index (Phi) is 7.47. The second-order valence-electron chi connectivity index (χ2n) is 9.94. The van der Waals surface area contributed by atoms with Crippen LogP contribution >= 0.6 is 15.9 Å². The summed E-state index contributed by atoms with van der Waals surface area (Å²) in [6.07, 6.45) is 1.53. The molecule has 0 amide bonds. The monoisotopic (exact) mass is 637 g/mol. The van der Waals surface area contributed by atoms with Gasteiger partial charge in [-0.25, -0.2) is 4.98 Å². The second kappa shape index (κ2) is 11.5. The number of aromatic nitrogens is 2. The van der Waals surface area contributed by atoms with Gasteiger partial charge in [-0.1, -0.05) is 40.2 Å². The molecule has 2 heterocycles. The van der Waals surface area contributed by atoms with Gasteiger partial charge in [-0.2, -0.15) is 9.78 Å². The van der Waals surface area contributed by atoms with Gasteiger partial charge in [-0.15, -0.1) is 0 Å². The summed E-state index contributed by atoms with van der Waals surface area (Å²) in [6, 6.07) is 26.4. The lowest BCUT2D eigenvalue weighted by Gasteiger charge is -2.16. The molecule has 2 aromatic heterocycles. The van der Waals surface area contributed by atoms with Crippen LogP contribution in [0.2, 0.25) is 0 Å². The highest BCUT2D eigenvalue weighted by molar-refractivity contribution is 9.10. The third-order valence-electron chi connectivity index (χ3n) is 6.79. The summed E-state index contributed by atoms with van der Waals surface area (Å²) in [5, 5.41) is 17.1. The molecule has 6 rings (SSSR count). The summed E-state index contributed by atoms with van der Waals surface area (Å²) in [7, 11) is 3.82. The van der Waals surface area contributed by atoms with Crippen molar-refractivity contribution in [2.45, 2.75) is 6.61 Å². The van der Waals surface area contributed by atoms with Gasteiger partial charge in [0.25, 0.3) is 11.2 Å². The number of anilines is 1. The molecule has 0 saturated carbocycles. The zero-order valence-corrected chi connectivity index (χ0v) is 24.7. The number of ether oxygens (including phenoxy) is 1. The van der Waals surface area contributed by atoms with Crippen molar-refractivity contribution in [1.82, 2.24) is 9.66 Å². The summed E-state index contributed by atoms with van der Waals surface area (Å²) in [5.41, 5.74) is 2.90. The maximum absolute atomic E-state index is 13.7. The van der Waals surface area contributed by atoms with E-state index in [-0.39, 0.29) is 23.7 Å². The molecule has 0 aliphatic heterocycles. The lowest BCUT2D eigenvalue weighted by atomic mass is 10.1. The fraction of sp³-hybridized carbons (Fsp3) is 0.0938. The zero-order chi connectivity index (χ0) is 30.1. The normalized spacial score (nSPS) is 11.4. The number of benzene rings is 4. The van der Waals surface area contributed by atoms with E-state index in [1.165, 1.54) is 23.0 Å². The molecule has 6 aromatic rings. The third kappa shape index (κ3) is 5.75. The number of furan rings is 1. The summed E-state index contributed by atoms with van der Waals surface area (Å²) in [6.45, 7) is 0.0939. The average molecular weight is 638 g/mol.